The molecule has 1 amide bonds. The van der Waals surface area contributed by atoms with Crippen LogP contribution in [0.3, 0.4) is 0 Å². The third-order valence-corrected chi connectivity index (χ3v) is 4.96. The molecule has 9 heteroatoms. The van der Waals surface area contributed by atoms with Gasteiger partial charge >= 0.3 is 0 Å². The fraction of sp³-hybridized carbons (Fsp3) is 0.333. The summed E-state index contributed by atoms with van der Waals surface area (Å²) in [6.07, 6.45) is 0.0941. The molecule has 0 radical (unpaired) electrons. The van der Waals surface area contributed by atoms with Crippen LogP contribution in [0.4, 0.5) is 4.39 Å². The number of carbonyl (C=O) groups is 1. The number of hydrogen-bond donors (Lipinski definition) is 2. The van der Waals surface area contributed by atoms with Crippen LogP contribution in [-0.4, -0.2) is 32.6 Å². The van der Waals surface area contributed by atoms with Crippen molar-refractivity contribution in [3.05, 3.63) is 47.1 Å². The molecule has 0 aliphatic rings. The Morgan fingerprint density at radius 1 is 1.21 bits per heavy atom. The maximum absolute atomic E-state index is 12.8. The number of aryl methyl sites for hydroxylation is 2. The molecular weight excluding hydrogens is 337 g/mol. The Kier molecular flexibility index (Phi) is 5.68. The zero-order valence-corrected chi connectivity index (χ0v) is 14.1. The Hall–Kier alpha value is -2.26. The molecule has 0 fully saturated rings. The average molecular weight is 355 g/mol. The van der Waals surface area contributed by atoms with Crippen LogP contribution >= 0.6 is 0 Å². The smallest absolute Gasteiger partial charge is 0.246 e. The first-order chi connectivity index (χ1) is 11.3. The van der Waals surface area contributed by atoms with Crippen LogP contribution in [0, 0.1) is 19.7 Å². The molecule has 2 rings (SSSR count). The monoisotopic (exact) mass is 355 g/mol. The lowest BCUT2D eigenvalue weighted by Gasteiger charge is -2.08. The van der Waals surface area contributed by atoms with Gasteiger partial charge in [0.15, 0.2) is 5.76 Å². The van der Waals surface area contributed by atoms with E-state index in [0.29, 0.717) is 5.56 Å². The number of nitrogens with zero attached hydrogens (tertiary/aromatic N) is 1. The molecule has 24 heavy (non-hydrogen) atoms. The van der Waals surface area contributed by atoms with Gasteiger partial charge in [-0.1, -0.05) is 17.3 Å². The number of nitrogens with one attached hydrogen (secondary N) is 2. The third-order valence-electron chi connectivity index (χ3n) is 3.25. The van der Waals surface area contributed by atoms with Gasteiger partial charge in [0.1, 0.15) is 16.4 Å². The Labute approximate surface area is 139 Å². The molecule has 1 heterocycles. The quantitative estimate of drug-likeness (QED) is 0.724. The molecule has 1 aromatic carbocycles. The summed E-state index contributed by atoms with van der Waals surface area (Å²) < 4.78 is 44.3. The van der Waals surface area contributed by atoms with Crippen LogP contribution in [0.15, 0.2) is 33.7 Å². The summed E-state index contributed by atoms with van der Waals surface area (Å²) in [4.78, 5) is 11.8. The van der Waals surface area contributed by atoms with Crippen molar-refractivity contribution in [3.8, 4) is 0 Å². The van der Waals surface area contributed by atoms with Crippen molar-refractivity contribution in [3.63, 3.8) is 0 Å². The molecule has 1 aromatic heterocycles. The van der Waals surface area contributed by atoms with Crippen LogP contribution in [0.25, 0.3) is 0 Å². The van der Waals surface area contributed by atoms with Crippen molar-refractivity contribution in [1.82, 2.24) is 15.2 Å². The Balaban J connectivity index is 1.80. The predicted octanol–water partition coefficient (Wildman–Crippen LogP) is 1.07. The first kappa shape index (κ1) is 18.1. The van der Waals surface area contributed by atoms with Crippen molar-refractivity contribution in [2.24, 2.45) is 0 Å². The molecule has 130 valence electrons. The average Bonchev–Trinajstić information content (AvgIpc) is 2.86. The van der Waals surface area contributed by atoms with Gasteiger partial charge in [-0.15, -0.1) is 0 Å². The van der Waals surface area contributed by atoms with E-state index in [2.05, 4.69) is 15.2 Å². The van der Waals surface area contributed by atoms with Crippen LogP contribution < -0.4 is 10.0 Å². The topological polar surface area (TPSA) is 101 Å². The molecule has 0 aliphatic heterocycles. The number of rotatable bonds is 7. The van der Waals surface area contributed by atoms with E-state index in [4.69, 9.17) is 4.52 Å². The first-order valence-corrected chi connectivity index (χ1v) is 8.71. The molecule has 2 N–H and O–H groups in total. The molecule has 0 atom stereocenters. The van der Waals surface area contributed by atoms with Gasteiger partial charge in [-0.2, -0.15) is 0 Å². The van der Waals surface area contributed by atoms with Crippen molar-refractivity contribution >= 4 is 15.9 Å². The van der Waals surface area contributed by atoms with Crippen LogP contribution in [0.1, 0.15) is 17.0 Å². The summed E-state index contributed by atoms with van der Waals surface area (Å²) >= 11 is 0. The van der Waals surface area contributed by atoms with Gasteiger partial charge in [0.05, 0.1) is 6.42 Å². The highest BCUT2D eigenvalue weighted by Gasteiger charge is 2.23. The number of carbonyl (C=O) groups excluding carboxylic acids is 1. The van der Waals surface area contributed by atoms with Gasteiger partial charge in [0.2, 0.25) is 15.9 Å². The van der Waals surface area contributed by atoms with E-state index in [-0.39, 0.29) is 47.6 Å². The number of amides is 1. The lowest BCUT2D eigenvalue weighted by Crippen LogP contribution is -2.35. The minimum atomic E-state index is -3.74. The number of aromatic nitrogens is 1. The zero-order valence-electron chi connectivity index (χ0n) is 13.3. The second-order valence-corrected chi connectivity index (χ2v) is 6.91. The van der Waals surface area contributed by atoms with Gasteiger partial charge < -0.3 is 9.84 Å². The highest BCUT2D eigenvalue weighted by Crippen LogP contribution is 2.18. The Morgan fingerprint density at radius 2 is 1.88 bits per heavy atom. The van der Waals surface area contributed by atoms with Gasteiger partial charge in [0.25, 0.3) is 0 Å². The van der Waals surface area contributed by atoms with Crippen LogP contribution in [0.5, 0.6) is 0 Å². The SMILES string of the molecule is Cc1noc(C)c1S(=O)(=O)NCCNC(=O)Cc1ccc(F)cc1. The molecule has 0 spiro atoms. The summed E-state index contributed by atoms with van der Waals surface area (Å²) in [5.74, 6) is -0.439. The number of halogens is 1. The Bertz CT molecular complexity index is 796. The lowest BCUT2D eigenvalue weighted by atomic mass is 10.1. The Morgan fingerprint density at radius 3 is 2.46 bits per heavy atom. The van der Waals surface area contributed by atoms with E-state index >= 15 is 0 Å². The largest absolute Gasteiger partial charge is 0.360 e. The van der Waals surface area contributed by atoms with Crippen LogP contribution in [-0.2, 0) is 21.2 Å². The molecule has 7 nitrogen and oxygen atoms in total. The number of benzene rings is 1. The normalized spacial score (nSPS) is 11.5. The maximum Gasteiger partial charge on any atom is 0.246 e. The second-order valence-electron chi connectivity index (χ2n) is 5.20. The van der Waals surface area contributed by atoms with Gasteiger partial charge in [-0.3, -0.25) is 4.79 Å². The fourth-order valence-corrected chi connectivity index (χ4v) is 3.52. The zero-order chi connectivity index (χ0) is 17.7. The first-order valence-electron chi connectivity index (χ1n) is 7.23. The van der Waals surface area contributed by atoms with Crippen molar-refractivity contribution in [2.75, 3.05) is 13.1 Å². The van der Waals surface area contributed by atoms with Gasteiger partial charge in [-0.25, -0.2) is 17.5 Å². The summed E-state index contributed by atoms with van der Waals surface area (Å²) in [6.45, 7) is 3.21. The summed E-state index contributed by atoms with van der Waals surface area (Å²) in [5.41, 5.74) is 0.950. The number of hydrogen-bond acceptors (Lipinski definition) is 5. The summed E-state index contributed by atoms with van der Waals surface area (Å²) in [5, 5.41) is 6.20. The van der Waals surface area contributed by atoms with Crippen molar-refractivity contribution in [2.45, 2.75) is 25.2 Å². The van der Waals surface area contributed by atoms with E-state index in [1.807, 2.05) is 0 Å². The van der Waals surface area contributed by atoms with E-state index in [9.17, 15) is 17.6 Å². The highest BCUT2D eigenvalue weighted by atomic mass is 32.2. The van der Waals surface area contributed by atoms with E-state index in [0.717, 1.165) is 0 Å². The molecule has 0 bridgehead atoms. The molecule has 0 unspecified atom stereocenters. The summed E-state index contributed by atoms with van der Waals surface area (Å²) in [7, 11) is -3.74. The van der Waals surface area contributed by atoms with Crippen molar-refractivity contribution < 1.29 is 22.1 Å². The second kappa shape index (κ2) is 7.54. The van der Waals surface area contributed by atoms with Gasteiger partial charge in [0, 0.05) is 13.1 Å². The van der Waals surface area contributed by atoms with E-state index in [1.54, 1.807) is 0 Å². The van der Waals surface area contributed by atoms with E-state index in [1.165, 1.54) is 38.1 Å². The lowest BCUT2D eigenvalue weighted by molar-refractivity contribution is -0.120. The minimum Gasteiger partial charge on any atom is -0.360 e. The molecule has 0 aliphatic carbocycles. The molecule has 2 aromatic rings. The van der Waals surface area contributed by atoms with Gasteiger partial charge in [-0.05, 0) is 31.5 Å². The minimum absolute atomic E-state index is 0.0140. The summed E-state index contributed by atoms with van der Waals surface area (Å²) in [6, 6.07) is 5.60. The number of sulfonamides is 1. The molecular formula is C15H18FN3O4S. The third kappa shape index (κ3) is 4.62. The fourth-order valence-electron chi connectivity index (χ4n) is 2.17. The van der Waals surface area contributed by atoms with E-state index < -0.39 is 10.0 Å². The van der Waals surface area contributed by atoms with Crippen LogP contribution in [0.2, 0.25) is 0 Å². The maximum atomic E-state index is 12.8. The molecule has 0 saturated carbocycles. The standard InChI is InChI=1S/C15H18FN3O4S/c1-10-15(11(2)23-19-10)24(21,22)18-8-7-17-14(20)9-12-3-5-13(16)6-4-12/h3-6,18H,7-9H2,1-2H3,(H,17,20). The highest BCUT2D eigenvalue weighted by molar-refractivity contribution is 7.89. The predicted molar refractivity (Wildman–Crippen MR) is 84.3 cm³/mol. The molecule has 0 saturated heterocycles. The van der Waals surface area contributed by atoms with Crippen molar-refractivity contribution in [1.29, 1.82) is 0 Å².